The van der Waals surface area contributed by atoms with E-state index in [1.165, 1.54) is 19.3 Å². The minimum absolute atomic E-state index is 0.0997. The summed E-state index contributed by atoms with van der Waals surface area (Å²) >= 11 is 0. The van der Waals surface area contributed by atoms with Crippen molar-refractivity contribution in [3.05, 3.63) is 30.1 Å². The minimum Gasteiger partial charge on any atom is -0.352 e. The summed E-state index contributed by atoms with van der Waals surface area (Å²) in [6, 6.07) is 4.46. The number of nitrogens with one attached hydrogen (secondary N) is 2. The Morgan fingerprint density at radius 2 is 2.21 bits per heavy atom. The highest BCUT2D eigenvalue weighted by Crippen LogP contribution is 2.17. The molecule has 1 aromatic heterocycles. The Morgan fingerprint density at radius 1 is 1.42 bits per heavy atom. The number of carbonyl (C=O) groups excluding carboxylic acids is 1. The first kappa shape index (κ1) is 14.0. The SMILES string of the molecule is C[C@@H](NCC(=O)NC1CCCCC1)c1cccnc1. The van der Waals surface area contributed by atoms with Crippen LogP contribution in [0.25, 0.3) is 0 Å². The third kappa shape index (κ3) is 4.63. The van der Waals surface area contributed by atoms with E-state index >= 15 is 0 Å². The first-order valence-electron chi connectivity index (χ1n) is 7.18. The summed E-state index contributed by atoms with van der Waals surface area (Å²) in [6.07, 6.45) is 9.63. The number of nitrogens with zero attached hydrogens (tertiary/aromatic N) is 1. The number of hydrogen-bond donors (Lipinski definition) is 2. The summed E-state index contributed by atoms with van der Waals surface area (Å²) in [5, 5.41) is 6.34. The van der Waals surface area contributed by atoms with Crippen molar-refractivity contribution in [2.45, 2.75) is 51.1 Å². The van der Waals surface area contributed by atoms with E-state index in [1.807, 2.05) is 25.3 Å². The Kier molecular flexibility index (Phi) is 5.33. The zero-order valence-corrected chi connectivity index (χ0v) is 11.6. The van der Waals surface area contributed by atoms with E-state index in [9.17, 15) is 4.79 Å². The van der Waals surface area contributed by atoms with Gasteiger partial charge in [0.1, 0.15) is 0 Å². The summed E-state index contributed by atoms with van der Waals surface area (Å²) in [5.74, 6) is 0.0997. The molecule has 19 heavy (non-hydrogen) atoms. The monoisotopic (exact) mass is 261 g/mol. The molecule has 2 rings (SSSR count). The predicted molar refractivity (Wildman–Crippen MR) is 75.7 cm³/mol. The van der Waals surface area contributed by atoms with Gasteiger partial charge in [0.15, 0.2) is 0 Å². The van der Waals surface area contributed by atoms with Crippen molar-refractivity contribution in [3.8, 4) is 0 Å². The van der Waals surface area contributed by atoms with Gasteiger partial charge >= 0.3 is 0 Å². The van der Waals surface area contributed by atoms with E-state index in [0.717, 1.165) is 18.4 Å². The number of carbonyl (C=O) groups is 1. The van der Waals surface area contributed by atoms with Gasteiger partial charge in [-0.3, -0.25) is 9.78 Å². The van der Waals surface area contributed by atoms with Crippen LogP contribution in [-0.2, 0) is 4.79 Å². The molecule has 4 nitrogen and oxygen atoms in total. The van der Waals surface area contributed by atoms with Crippen molar-refractivity contribution < 1.29 is 4.79 Å². The third-order valence-corrected chi connectivity index (χ3v) is 3.72. The van der Waals surface area contributed by atoms with Crippen LogP contribution in [0.5, 0.6) is 0 Å². The minimum atomic E-state index is 0.0997. The first-order valence-corrected chi connectivity index (χ1v) is 7.18. The van der Waals surface area contributed by atoms with Gasteiger partial charge in [-0.05, 0) is 31.4 Å². The van der Waals surface area contributed by atoms with Crippen LogP contribution in [0.3, 0.4) is 0 Å². The molecule has 1 heterocycles. The van der Waals surface area contributed by atoms with Crippen molar-refractivity contribution in [1.82, 2.24) is 15.6 Å². The molecule has 1 saturated carbocycles. The number of pyridine rings is 1. The van der Waals surface area contributed by atoms with Crippen LogP contribution in [0.4, 0.5) is 0 Å². The maximum Gasteiger partial charge on any atom is 0.234 e. The van der Waals surface area contributed by atoms with Crippen molar-refractivity contribution in [2.75, 3.05) is 6.54 Å². The molecule has 1 aliphatic carbocycles. The molecular weight excluding hydrogens is 238 g/mol. The van der Waals surface area contributed by atoms with Crippen LogP contribution in [0, 0.1) is 0 Å². The normalized spacial score (nSPS) is 17.9. The molecular formula is C15H23N3O. The highest BCUT2D eigenvalue weighted by Gasteiger charge is 2.15. The molecule has 2 N–H and O–H groups in total. The smallest absolute Gasteiger partial charge is 0.234 e. The predicted octanol–water partition coefficient (Wildman–Crippen LogP) is 2.18. The van der Waals surface area contributed by atoms with Gasteiger partial charge in [-0.1, -0.05) is 25.3 Å². The van der Waals surface area contributed by atoms with Crippen molar-refractivity contribution >= 4 is 5.91 Å². The molecule has 0 aromatic carbocycles. The van der Waals surface area contributed by atoms with Crippen LogP contribution in [0.2, 0.25) is 0 Å². The van der Waals surface area contributed by atoms with Gasteiger partial charge in [-0.15, -0.1) is 0 Å². The van der Waals surface area contributed by atoms with Crippen LogP contribution in [0.15, 0.2) is 24.5 Å². The van der Waals surface area contributed by atoms with Crippen LogP contribution < -0.4 is 10.6 Å². The molecule has 0 aliphatic heterocycles. The topological polar surface area (TPSA) is 54.0 Å². The molecule has 1 aliphatic rings. The lowest BCUT2D eigenvalue weighted by Crippen LogP contribution is -2.41. The largest absolute Gasteiger partial charge is 0.352 e. The molecule has 4 heteroatoms. The van der Waals surface area contributed by atoms with Gasteiger partial charge in [-0.2, -0.15) is 0 Å². The molecule has 0 bridgehead atoms. The second-order valence-electron chi connectivity index (χ2n) is 5.29. The third-order valence-electron chi connectivity index (χ3n) is 3.72. The van der Waals surface area contributed by atoms with Crippen LogP contribution in [0.1, 0.15) is 50.6 Å². The molecule has 1 aromatic rings. The highest BCUT2D eigenvalue weighted by atomic mass is 16.1. The van der Waals surface area contributed by atoms with Crippen molar-refractivity contribution in [2.24, 2.45) is 0 Å². The van der Waals surface area contributed by atoms with E-state index in [2.05, 4.69) is 15.6 Å². The maximum absolute atomic E-state index is 11.9. The Labute approximate surface area is 115 Å². The Morgan fingerprint density at radius 3 is 2.89 bits per heavy atom. The summed E-state index contributed by atoms with van der Waals surface area (Å²) in [5.41, 5.74) is 1.10. The van der Waals surface area contributed by atoms with E-state index in [4.69, 9.17) is 0 Å². The van der Waals surface area contributed by atoms with Crippen LogP contribution in [-0.4, -0.2) is 23.5 Å². The Hall–Kier alpha value is -1.42. The summed E-state index contributed by atoms with van der Waals surface area (Å²) in [4.78, 5) is 15.9. The fraction of sp³-hybridized carbons (Fsp3) is 0.600. The Bertz CT molecular complexity index is 388. The number of amides is 1. The molecule has 0 spiro atoms. The molecule has 1 amide bonds. The number of rotatable bonds is 5. The van der Waals surface area contributed by atoms with Gasteiger partial charge < -0.3 is 10.6 Å². The first-order chi connectivity index (χ1) is 9.25. The number of aromatic nitrogens is 1. The lowest BCUT2D eigenvalue weighted by atomic mass is 9.95. The summed E-state index contributed by atoms with van der Waals surface area (Å²) in [6.45, 7) is 2.41. The average molecular weight is 261 g/mol. The van der Waals surface area contributed by atoms with E-state index < -0.39 is 0 Å². The molecule has 0 radical (unpaired) electrons. The molecule has 104 valence electrons. The quantitative estimate of drug-likeness (QED) is 0.854. The summed E-state index contributed by atoms with van der Waals surface area (Å²) < 4.78 is 0. The molecule has 1 fully saturated rings. The second-order valence-corrected chi connectivity index (χ2v) is 5.29. The summed E-state index contributed by atoms with van der Waals surface area (Å²) in [7, 11) is 0. The molecule has 1 atom stereocenters. The fourth-order valence-electron chi connectivity index (χ4n) is 2.52. The van der Waals surface area contributed by atoms with E-state index in [-0.39, 0.29) is 11.9 Å². The zero-order chi connectivity index (χ0) is 13.5. The molecule has 0 saturated heterocycles. The van der Waals surface area contributed by atoms with Crippen molar-refractivity contribution in [3.63, 3.8) is 0 Å². The fourth-order valence-corrected chi connectivity index (χ4v) is 2.52. The number of hydrogen-bond acceptors (Lipinski definition) is 3. The maximum atomic E-state index is 11.9. The van der Waals surface area contributed by atoms with Crippen molar-refractivity contribution in [1.29, 1.82) is 0 Å². The second kappa shape index (κ2) is 7.24. The van der Waals surface area contributed by atoms with Crippen LogP contribution >= 0.6 is 0 Å². The van der Waals surface area contributed by atoms with E-state index in [1.54, 1.807) is 6.20 Å². The van der Waals surface area contributed by atoms with E-state index in [0.29, 0.717) is 12.6 Å². The van der Waals surface area contributed by atoms with Gasteiger partial charge in [-0.25, -0.2) is 0 Å². The van der Waals surface area contributed by atoms with Gasteiger partial charge in [0, 0.05) is 24.5 Å². The van der Waals surface area contributed by atoms with Gasteiger partial charge in [0.2, 0.25) is 5.91 Å². The standard InChI is InChI=1S/C15H23N3O/c1-12(13-6-5-9-16-10-13)17-11-15(19)18-14-7-3-2-4-8-14/h5-6,9-10,12,14,17H,2-4,7-8,11H2,1H3,(H,18,19)/t12-/m1/s1. The highest BCUT2D eigenvalue weighted by molar-refractivity contribution is 5.78. The van der Waals surface area contributed by atoms with Gasteiger partial charge in [0.25, 0.3) is 0 Å². The average Bonchev–Trinajstić information content (AvgIpc) is 2.47. The Balaban J connectivity index is 1.71. The zero-order valence-electron chi connectivity index (χ0n) is 11.6. The lowest BCUT2D eigenvalue weighted by Gasteiger charge is -2.23. The molecule has 0 unspecified atom stereocenters. The van der Waals surface area contributed by atoms with Gasteiger partial charge in [0.05, 0.1) is 6.54 Å². The lowest BCUT2D eigenvalue weighted by molar-refractivity contribution is -0.121.